The zero-order valence-electron chi connectivity index (χ0n) is 14.4. The molecule has 1 saturated carbocycles. The lowest BCUT2D eigenvalue weighted by Crippen LogP contribution is -2.40. The van der Waals surface area contributed by atoms with Crippen LogP contribution >= 0.6 is 0 Å². The SMILES string of the molecule is NCC1(CC(=O)NCCC(=O)N2CCCCCC2)CCCCC1. The molecule has 0 aromatic carbocycles. The predicted octanol–water partition coefficient (Wildman–Crippen LogP) is 2.19. The van der Waals surface area contributed by atoms with Gasteiger partial charge in [0.1, 0.15) is 0 Å². The first-order chi connectivity index (χ1) is 11.2. The molecule has 2 aliphatic rings. The monoisotopic (exact) mass is 323 g/mol. The lowest BCUT2D eigenvalue weighted by molar-refractivity contribution is -0.131. The molecule has 1 aliphatic heterocycles. The molecule has 3 N–H and O–H groups in total. The van der Waals surface area contributed by atoms with E-state index < -0.39 is 0 Å². The van der Waals surface area contributed by atoms with Crippen molar-refractivity contribution in [3.63, 3.8) is 0 Å². The highest BCUT2D eigenvalue weighted by Crippen LogP contribution is 2.38. The van der Waals surface area contributed by atoms with Crippen molar-refractivity contribution < 1.29 is 9.59 Å². The largest absolute Gasteiger partial charge is 0.356 e. The molecule has 23 heavy (non-hydrogen) atoms. The van der Waals surface area contributed by atoms with Gasteiger partial charge in [-0.2, -0.15) is 0 Å². The number of hydrogen-bond acceptors (Lipinski definition) is 3. The number of carbonyl (C=O) groups excluding carboxylic acids is 2. The van der Waals surface area contributed by atoms with Crippen LogP contribution in [0.5, 0.6) is 0 Å². The van der Waals surface area contributed by atoms with Gasteiger partial charge in [-0.1, -0.05) is 32.1 Å². The van der Waals surface area contributed by atoms with Crippen molar-refractivity contribution in [1.82, 2.24) is 10.2 Å². The first-order valence-corrected chi connectivity index (χ1v) is 9.40. The van der Waals surface area contributed by atoms with E-state index in [1.54, 1.807) is 0 Å². The third-order valence-corrected chi connectivity index (χ3v) is 5.50. The summed E-state index contributed by atoms with van der Waals surface area (Å²) in [5.41, 5.74) is 5.93. The summed E-state index contributed by atoms with van der Waals surface area (Å²) in [5.74, 6) is 0.236. The summed E-state index contributed by atoms with van der Waals surface area (Å²) >= 11 is 0. The van der Waals surface area contributed by atoms with Crippen molar-refractivity contribution in [1.29, 1.82) is 0 Å². The van der Waals surface area contributed by atoms with Crippen LogP contribution in [0.4, 0.5) is 0 Å². The van der Waals surface area contributed by atoms with E-state index in [-0.39, 0.29) is 17.2 Å². The van der Waals surface area contributed by atoms with Gasteiger partial charge in [0.2, 0.25) is 11.8 Å². The van der Waals surface area contributed by atoms with Crippen molar-refractivity contribution in [3.8, 4) is 0 Å². The summed E-state index contributed by atoms with van der Waals surface area (Å²) in [4.78, 5) is 26.4. The molecule has 0 bridgehead atoms. The maximum atomic E-state index is 12.2. The number of hydrogen-bond donors (Lipinski definition) is 2. The quantitative estimate of drug-likeness (QED) is 0.787. The fraction of sp³-hybridized carbons (Fsp3) is 0.889. The maximum absolute atomic E-state index is 12.2. The molecule has 5 heteroatoms. The van der Waals surface area contributed by atoms with Gasteiger partial charge in [-0.05, 0) is 37.6 Å². The van der Waals surface area contributed by atoms with Gasteiger partial charge >= 0.3 is 0 Å². The molecule has 2 fully saturated rings. The van der Waals surface area contributed by atoms with E-state index in [0.717, 1.165) is 38.8 Å². The fourth-order valence-electron chi connectivity index (χ4n) is 3.94. The first-order valence-electron chi connectivity index (χ1n) is 9.40. The van der Waals surface area contributed by atoms with Gasteiger partial charge in [0, 0.05) is 32.5 Å². The second-order valence-electron chi connectivity index (χ2n) is 7.34. The van der Waals surface area contributed by atoms with Gasteiger partial charge in [-0.15, -0.1) is 0 Å². The topological polar surface area (TPSA) is 75.4 Å². The highest BCUT2D eigenvalue weighted by atomic mass is 16.2. The van der Waals surface area contributed by atoms with E-state index >= 15 is 0 Å². The summed E-state index contributed by atoms with van der Waals surface area (Å²) in [6.07, 6.45) is 11.3. The molecular weight excluding hydrogens is 290 g/mol. The Hall–Kier alpha value is -1.10. The van der Waals surface area contributed by atoms with Gasteiger partial charge < -0.3 is 16.0 Å². The molecule has 132 valence electrons. The van der Waals surface area contributed by atoms with Crippen LogP contribution < -0.4 is 11.1 Å². The van der Waals surface area contributed by atoms with Crippen LogP contribution in [0.15, 0.2) is 0 Å². The second kappa shape index (κ2) is 9.26. The number of nitrogens with zero attached hydrogens (tertiary/aromatic N) is 1. The Balaban J connectivity index is 1.68. The van der Waals surface area contributed by atoms with Crippen LogP contribution in [-0.2, 0) is 9.59 Å². The standard InChI is InChI=1S/C18H33N3O2/c19-15-18(9-4-3-5-10-18)14-16(22)20-11-8-17(23)21-12-6-1-2-7-13-21/h1-15,19H2,(H,20,22). The van der Waals surface area contributed by atoms with Gasteiger partial charge in [-0.3, -0.25) is 9.59 Å². The van der Waals surface area contributed by atoms with Crippen molar-refractivity contribution in [2.24, 2.45) is 11.1 Å². The molecule has 0 aromatic heterocycles. The molecule has 5 nitrogen and oxygen atoms in total. The number of amides is 2. The molecule has 0 unspecified atom stereocenters. The van der Waals surface area contributed by atoms with Crippen LogP contribution in [0.2, 0.25) is 0 Å². The maximum Gasteiger partial charge on any atom is 0.224 e. The lowest BCUT2D eigenvalue weighted by atomic mass is 9.71. The summed E-state index contributed by atoms with van der Waals surface area (Å²) < 4.78 is 0. The number of nitrogens with one attached hydrogen (secondary N) is 1. The summed E-state index contributed by atoms with van der Waals surface area (Å²) in [6.45, 7) is 2.80. The van der Waals surface area contributed by atoms with Crippen LogP contribution in [0.3, 0.4) is 0 Å². The molecule has 1 saturated heterocycles. The van der Waals surface area contributed by atoms with Gasteiger partial charge in [0.25, 0.3) is 0 Å². The van der Waals surface area contributed by atoms with Crippen molar-refractivity contribution in [2.75, 3.05) is 26.2 Å². The Morgan fingerprint density at radius 2 is 1.57 bits per heavy atom. The summed E-state index contributed by atoms with van der Waals surface area (Å²) in [5, 5.41) is 2.93. The molecule has 1 heterocycles. The second-order valence-corrected chi connectivity index (χ2v) is 7.34. The Morgan fingerprint density at radius 3 is 2.17 bits per heavy atom. The van der Waals surface area contributed by atoms with Crippen LogP contribution in [0.1, 0.15) is 70.6 Å². The van der Waals surface area contributed by atoms with E-state index in [9.17, 15) is 9.59 Å². The normalized spacial score (nSPS) is 21.5. The van der Waals surface area contributed by atoms with Gasteiger partial charge in [-0.25, -0.2) is 0 Å². The minimum Gasteiger partial charge on any atom is -0.356 e. The van der Waals surface area contributed by atoms with Crippen molar-refractivity contribution in [2.45, 2.75) is 70.6 Å². The minimum absolute atomic E-state index is 0.00285. The molecule has 0 atom stereocenters. The first kappa shape index (κ1) is 18.2. The number of carbonyl (C=O) groups is 2. The molecular formula is C18H33N3O2. The molecule has 0 aromatic rings. The van der Waals surface area contributed by atoms with Gasteiger partial charge in [0.15, 0.2) is 0 Å². The van der Waals surface area contributed by atoms with Crippen molar-refractivity contribution in [3.05, 3.63) is 0 Å². The van der Waals surface area contributed by atoms with Crippen LogP contribution in [0.25, 0.3) is 0 Å². The Morgan fingerprint density at radius 1 is 0.957 bits per heavy atom. The zero-order chi connectivity index (χ0) is 16.5. The average molecular weight is 323 g/mol. The Bertz CT molecular complexity index is 384. The van der Waals surface area contributed by atoms with Crippen LogP contribution in [-0.4, -0.2) is 42.9 Å². The molecule has 0 spiro atoms. The third-order valence-electron chi connectivity index (χ3n) is 5.50. The van der Waals surface area contributed by atoms with E-state index in [2.05, 4.69) is 5.32 Å². The van der Waals surface area contributed by atoms with Gasteiger partial charge in [0.05, 0.1) is 0 Å². The fourth-order valence-corrected chi connectivity index (χ4v) is 3.94. The highest BCUT2D eigenvalue weighted by molar-refractivity contribution is 5.79. The molecule has 0 radical (unpaired) electrons. The number of rotatable bonds is 6. The van der Waals surface area contributed by atoms with Crippen LogP contribution in [0, 0.1) is 5.41 Å². The summed E-state index contributed by atoms with van der Waals surface area (Å²) in [7, 11) is 0. The van der Waals surface area contributed by atoms with E-state index in [1.165, 1.54) is 32.1 Å². The minimum atomic E-state index is -0.00285. The lowest BCUT2D eigenvalue weighted by Gasteiger charge is -2.35. The zero-order valence-corrected chi connectivity index (χ0v) is 14.4. The Labute approximate surface area is 140 Å². The third kappa shape index (κ3) is 5.79. The Kier molecular flexibility index (Phi) is 7.34. The molecule has 2 rings (SSSR count). The smallest absolute Gasteiger partial charge is 0.224 e. The summed E-state index contributed by atoms with van der Waals surface area (Å²) in [6, 6.07) is 0. The van der Waals surface area contributed by atoms with Crippen molar-refractivity contribution >= 4 is 11.8 Å². The number of nitrogens with two attached hydrogens (primary N) is 1. The average Bonchev–Trinajstić information content (AvgIpc) is 2.85. The predicted molar refractivity (Wildman–Crippen MR) is 91.9 cm³/mol. The number of likely N-dealkylation sites (tertiary alicyclic amines) is 1. The highest BCUT2D eigenvalue weighted by Gasteiger charge is 2.32. The van der Waals surface area contributed by atoms with E-state index in [4.69, 9.17) is 5.73 Å². The van der Waals surface area contributed by atoms with E-state index in [1.807, 2.05) is 4.90 Å². The molecule has 2 amide bonds. The van der Waals surface area contributed by atoms with E-state index in [0.29, 0.717) is 25.9 Å². The molecule has 1 aliphatic carbocycles.